The first-order chi connectivity index (χ1) is 11.0. The molecule has 1 rings (SSSR count). The third-order valence-corrected chi connectivity index (χ3v) is 3.26. The number of carbonyl (C=O) groups is 1. The lowest BCUT2D eigenvalue weighted by Crippen LogP contribution is -2.32. The van der Waals surface area contributed by atoms with E-state index in [4.69, 9.17) is 4.74 Å². The van der Waals surface area contributed by atoms with E-state index in [9.17, 15) is 18.0 Å². The average Bonchev–Trinajstić information content (AvgIpc) is 2.42. The highest BCUT2D eigenvalue weighted by molar-refractivity contribution is 5.76. The molecule has 0 aliphatic rings. The predicted octanol–water partition coefficient (Wildman–Crippen LogP) is 4.22. The molecule has 0 bridgehead atoms. The largest absolute Gasteiger partial charge is 0.573 e. The van der Waals surface area contributed by atoms with E-state index in [1.165, 1.54) is 25.3 Å². The summed E-state index contributed by atoms with van der Waals surface area (Å²) in [6, 6.07) is 4.99. The number of methoxy groups -OCH3 is 1. The Balaban J connectivity index is 2.80. The van der Waals surface area contributed by atoms with Gasteiger partial charge in [-0.25, -0.2) is 0 Å². The number of amides is 1. The van der Waals surface area contributed by atoms with Gasteiger partial charge >= 0.3 is 6.36 Å². The van der Waals surface area contributed by atoms with Crippen LogP contribution in [0.25, 0.3) is 0 Å². The van der Waals surface area contributed by atoms with Gasteiger partial charge in [-0.3, -0.25) is 4.79 Å². The van der Waals surface area contributed by atoms with Crippen LogP contribution in [0.1, 0.15) is 45.2 Å². The van der Waals surface area contributed by atoms with E-state index in [0.29, 0.717) is 18.4 Å². The Hall–Kier alpha value is -1.76. The normalized spacial score (nSPS) is 13.5. The Morgan fingerprint density at radius 1 is 1.25 bits per heavy atom. The van der Waals surface area contributed by atoms with Crippen molar-refractivity contribution >= 4 is 5.91 Å². The standard InChI is InChI=1S/C17H24F3NO3/c1-16(2,3)9-8-15(22)21-14(11-23-4)12-6-5-7-13(10-12)24-17(18,19)20/h5-7,10,14H,8-9,11H2,1-4H3,(H,21,22)/t14-/m0/s1. The minimum Gasteiger partial charge on any atom is -0.406 e. The fraction of sp³-hybridized carbons (Fsp3) is 0.588. The second-order valence-electron chi connectivity index (χ2n) is 6.76. The number of alkyl halides is 3. The van der Waals surface area contributed by atoms with Gasteiger partial charge in [0.1, 0.15) is 5.75 Å². The summed E-state index contributed by atoms with van der Waals surface area (Å²) >= 11 is 0. The van der Waals surface area contributed by atoms with Gasteiger partial charge in [0.2, 0.25) is 5.91 Å². The molecule has 0 fully saturated rings. The summed E-state index contributed by atoms with van der Waals surface area (Å²) in [6.45, 7) is 6.25. The van der Waals surface area contributed by atoms with Crippen molar-refractivity contribution in [3.63, 3.8) is 0 Å². The fourth-order valence-corrected chi connectivity index (χ4v) is 2.07. The molecule has 1 aromatic rings. The molecule has 4 nitrogen and oxygen atoms in total. The van der Waals surface area contributed by atoms with Gasteiger partial charge in [0.25, 0.3) is 0 Å². The summed E-state index contributed by atoms with van der Waals surface area (Å²) in [5, 5.41) is 2.80. The number of hydrogen-bond donors (Lipinski definition) is 1. The summed E-state index contributed by atoms with van der Waals surface area (Å²) in [6.07, 6.45) is -3.72. The minimum atomic E-state index is -4.76. The van der Waals surface area contributed by atoms with Gasteiger partial charge in [-0.1, -0.05) is 32.9 Å². The second-order valence-corrected chi connectivity index (χ2v) is 6.76. The number of carbonyl (C=O) groups excluding carboxylic acids is 1. The molecule has 0 aliphatic carbocycles. The molecular weight excluding hydrogens is 323 g/mol. The van der Waals surface area contributed by atoms with E-state index >= 15 is 0 Å². The highest BCUT2D eigenvalue weighted by Crippen LogP contribution is 2.26. The molecule has 0 radical (unpaired) electrons. The number of hydrogen-bond acceptors (Lipinski definition) is 3. The van der Waals surface area contributed by atoms with Crippen molar-refractivity contribution in [3.05, 3.63) is 29.8 Å². The molecule has 0 saturated carbocycles. The molecule has 0 unspecified atom stereocenters. The molecule has 0 aromatic heterocycles. The predicted molar refractivity (Wildman–Crippen MR) is 84.6 cm³/mol. The van der Waals surface area contributed by atoms with Crippen molar-refractivity contribution in [2.75, 3.05) is 13.7 Å². The van der Waals surface area contributed by atoms with Gasteiger partial charge in [0.15, 0.2) is 0 Å². The maximum absolute atomic E-state index is 12.3. The molecule has 1 atom stereocenters. The van der Waals surface area contributed by atoms with Crippen molar-refractivity contribution in [1.29, 1.82) is 0 Å². The number of nitrogens with one attached hydrogen (secondary N) is 1. The average molecular weight is 347 g/mol. The first-order valence-electron chi connectivity index (χ1n) is 7.64. The van der Waals surface area contributed by atoms with Crippen molar-refractivity contribution in [1.82, 2.24) is 5.32 Å². The smallest absolute Gasteiger partial charge is 0.406 e. The molecule has 1 aromatic carbocycles. The first kappa shape index (κ1) is 20.3. The van der Waals surface area contributed by atoms with Gasteiger partial charge in [0, 0.05) is 13.5 Å². The lowest BCUT2D eigenvalue weighted by Gasteiger charge is -2.21. The zero-order valence-corrected chi connectivity index (χ0v) is 14.4. The SMILES string of the molecule is COC[C@H](NC(=O)CCC(C)(C)C)c1cccc(OC(F)(F)F)c1. The first-order valence-corrected chi connectivity index (χ1v) is 7.64. The molecular formula is C17H24F3NO3. The zero-order chi connectivity index (χ0) is 18.4. The van der Waals surface area contributed by atoms with E-state index < -0.39 is 12.4 Å². The number of halogens is 3. The second kappa shape index (κ2) is 8.37. The van der Waals surface area contributed by atoms with Crippen LogP contribution < -0.4 is 10.1 Å². The summed E-state index contributed by atoms with van der Waals surface area (Å²) in [5.74, 6) is -0.501. The van der Waals surface area contributed by atoms with Crippen LogP contribution in [0.3, 0.4) is 0 Å². The molecule has 7 heteroatoms. The van der Waals surface area contributed by atoms with Gasteiger partial charge < -0.3 is 14.8 Å². The van der Waals surface area contributed by atoms with Crippen LogP contribution in [-0.2, 0) is 9.53 Å². The van der Waals surface area contributed by atoms with E-state index in [1.54, 1.807) is 6.07 Å². The molecule has 0 saturated heterocycles. The van der Waals surface area contributed by atoms with Crippen LogP contribution in [0.4, 0.5) is 13.2 Å². The molecule has 0 heterocycles. The minimum absolute atomic E-state index is 0.0224. The number of rotatable bonds is 7. The molecule has 1 N–H and O–H groups in total. The highest BCUT2D eigenvalue weighted by Gasteiger charge is 2.31. The summed E-state index contributed by atoms with van der Waals surface area (Å²) in [4.78, 5) is 12.1. The van der Waals surface area contributed by atoms with Crippen LogP contribution in [0.2, 0.25) is 0 Å². The summed E-state index contributed by atoms with van der Waals surface area (Å²) in [5.41, 5.74) is 0.511. The lowest BCUT2D eigenvalue weighted by molar-refractivity contribution is -0.274. The van der Waals surface area contributed by atoms with E-state index in [1.807, 2.05) is 20.8 Å². The number of ether oxygens (including phenoxy) is 2. The van der Waals surface area contributed by atoms with Crippen molar-refractivity contribution in [2.24, 2.45) is 5.41 Å². The van der Waals surface area contributed by atoms with Crippen LogP contribution >= 0.6 is 0 Å². The Kier molecular flexibility index (Phi) is 7.08. The Morgan fingerprint density at radius 3 is 2.46 bits per heavy atom. The Labute approximate surface area is 140 Å². The maximum atomic E-state index is 12.3. The summed E-state index contributed by atoms with van der Waals surface area (Å²) < 4.78 is 46.0. The zero-order valence-electron chi connectivity index (χ0n) is 14.4. The van der Waals surface area contributed by atoms with Crippen LogP contribution in [-0.4, -0.2) is 26.0 Å². The van der Waals surface area contributed by atoms with Crippen LogP contribution in [0.15, 0.2) is 24.3 Å². The maximum Gasteiger partial charge on any atom is 0.573 e. The molecule has 1 amide bonds. The third kappa shape index (κ3) is 8.19. The van der Waals surface area contributed by atoms with E-state index in [0.717, 1.165) is 0 Å². The molecule has 0 spiro atoms. The topological polar surface area (TPSA) is 47.6 Å². The van der Waals surface area contributed by atoms with Crippen molar-refractivity contribution in [3.8, 4) is 5.75 Å². The van der Waals surface area contributed by atoms with Crippen LogP contribution in [0.5, 0.6) is 5.75 Å². The lowest BCUT2D eigenvalue weighted by atomic mass is 9.90. The quantitative estimate of drug-likeness (QED) is 0.803. The van der Waals surface area contributed by atoms with Gasteiger partial charge in [-0.05, 0) is 29.5 Å². The van der Waals surface area contributed by atoms with Gasteiger partial charge in [-0.15, -0.1) is 13.2 Å². The Bertz CT molecular complexity index is 539. The molecule has 0 aliphatic heterocycles. The molecule has 24 heavy (non-hydrogen) atoms. The van der Waals surface area contributed by atoms with Crippen LogP contribution in [0, 0.1) is 5.41 Å². The van der Waals surface area contributed by atoms with Gasteiger partial charge in [-0.2, -0.15) is 0 Å². The molecule has 136 valence electrons. The summed E-state index contributed by atoms with van der Waals surface area (Å²) in [7, 11) is 1.46. The van der Waals surface area contributed by atoms with E-state index in [-0.39, 0.29) is 23.7 Å². The van der Waals surface area contributed by atoms with E-state index in [2.05, 4.69) is 10.1 Å². The third-order valence-electron chi connectivity index (χ3n) is 3.26. The number of benzene rings is 1. The van der Waals surface area contributed by atoms with Gasteiger partial charge in [0.05, 0.1) is 12.6 Å². The fourth-order valence-electron chi connectivity index (χ4n) is 2.07. The monoisotopic (exact) mass is 347 g/mol. The van der Waals surface area contributed by atoms with Crippen molar-refractivity contribution in [2.45, 2.75) is 46.0 Å². The highest BCUT2D eigenvalue weighted by atomic mass is 19.4. The van der Waals surface area contributed by atoms with Crippen molar-refractivity contribution < 1.29 is 27.4 Å². The Morgan fingerprint density at radius 2 is 1.92 bits per heavy atom.